The lowest BCUT2D eigenvalue weighted by Gasteiger charge is -2.25. The molecule has 0 amide bonds. The fourth-order valence-electron chi connectivity index (χ4n) is 2.21. The van der Waals surface area contributed by atoms with Gasteiger partial charge in [0.05, 0.1) is 12.8 Å². The summed E-state index contributed by atoms with van der Waals surface area (Å²) in [6.07, 6.45) is 3.21. The minimum atomic E-state index is 0.267. The molecule has 0 unspecified atom stereocenters. The number of furan rings is 1. The number of rotatable bonds is 6. The van der Waals surface area contributed by atoms with Crippen LogP contribution in [0, 0.1) is 0 Å². The van der Waals surface area contributed by atoms with E-state index in [-0.39, 0.29) is 5.92 Å². The maximum Gasteiger partial charge on any atom is 0.148 e. The SMILES string of the molecule is CCN(Cc1ccco1)c1ncnc(NN)c1C(C)C. The first kappa shape index (κ1) is 14.3. The van der Waals surface area contributed by atoms with E-state index < -0.39 is 0 Å². The smallest absolute Gasteiger partial charge is 0.148 e. The lowest BCUT2D eigenvalue weighted by molar-refractivity contribution is 0.502. The predicted octanol–water partition coefficient (Wildman–Crippen LogP) is 2.51. The van der Waals surface area contributed by atoms with Crippen molar-refractivity contribution in [2.24, 2.45) is 5.84 Å². The molecule has 0 atom stereocenters. The Hall–Kier alpha value is -2.08. The van der Waals surface area contributed by atoms with Crippen LogP contribution < -0.4 is 16.2 Å². The number of hydrogen-bond acceptors (Lipinski definition) is 6. The summed E-state index contributed by atoms with van der Waals surface area (Å²) in [5, 5.41) is 0. The van der Waals surface area contributed by atoms with Crippen LogP contribution in [0.3, 0.4) is 0 Å². The summed E-state index contributed by atoms with van der Waals surface area (Å²) in [7, 11) is 0. The highest BCUT2D eigenvalue weighted by Crippen LogP contribution is 2.31. The fraction of sp³-hybridized carbons (Fsp3) is 0.429. The first-order valence-electron chi connectivity index (χ1n) is 6.76. The van der Waals surface area contributed by atoms with E-state index in [0.717, 1.165) is 23.7 Å². The average Bonchev–Trinajstić information content (AvgIpc) is 2.96. The van der Waals surface area contributed by atoms with Crippen LogP contribution in [-0.4, -0.2) is 16.5 Å². The Labute approximate surface area is 119 Å². The van der Waals surface area contributed by atoms with Gasteiger partial charge in [0, 0.05) is 12.1 Å². The average molecular weight is 275 g/mol. The number of aromatic nitrogens is 2. The lowest BCUT2D eigenvalue weighted by Crippen LogP contribution is -2.26. The van der Waals surface area contributed by atoms with Gasteiger partial charge in [-0.1, -0.05) is 13.8 Å². The van der Waals surface area contributed by atoms with Gasteiger partial charge >= 0.3 is 0 Å². The molecular weight excluding hydrogens is 254 g/mol. The minimum absolute atomic E-state index is 0.267. The molecule has 0 aliphatic carbocycles. The number of nitrogens with two attached hydrogens (primary N) is 1. The van der Waals surface area contributed by atoms with Crippen molar-refractivity contribution in [2.45, 2.75) is 33.2 Å². The molecule has 2 rings (SSSR count). The van der Waals surface area contributed by atoms with Crippen LogP contribution in [0.25, 0.3) is 0 Å². The second kappa shape index (κ2) is 6.38. The van der Waals surface area contributed by atoms with Crippen LogP contribution in [0.5, 0.6) is 0 Å². The first-order chi connectivity index (χ1) is 9.67. The number of hydrogen-bond donors (Lipinski definition) is 2. The van der Waals surface area contributed by atoms with Gasteiger partial charge in [-0.3, -0.25) is 0 Å². The Kier molecular flexibility index (Phi) is 4.57. The van der Waals surface area contributed by atoms with Crippen LogP contribution in [0.4, 0.5) is 11.6 Å². The highest BCUT2D eigenvalue weighted by atomic mass is 16.3. The summed E-state index contributed by atoms with van der Waals surface area (Å²) in [6, 6.07) is 3.85. The number of nitrogen functional groups attached to an aromatic ring is 1. The molecule has 0 spiro atoms. The van der Waals surface area contributed by atoms with Crippen molar-refractivity contribution in [2.75, 3.05) is 16.9 Å². The fourth-order valence-corrected chi connectivity index (χ4v) is 2.21. The van der Waals surface area contributed by atoms with Gasteiger partial charge in [-0.15, -0.1) is 0 Å². The van der Waals surface area contributed by atoms with Crippen LogP contribution in [0.1, 0.15) is 38.0 Å². The van der Waals surface area contributed by atoms with Gasteiger partial charge in [-0.05, 0) is 25.0 Å². The molecule has 6 nitrogen and oxygen atoms in total. The number of nitrogens with zero attached hydrogens (tertiary/aromatic N) is 3. The van der Waals surface area contributed by atoms with Crippen LogP contribution in [-0.2, 0) is 6.54 Å². The summed E-state index contributed by atoms with van der Waals surface area (Å²) >= 11 is 0. The van der Waals surface area contributed by atoms with Crippen molar-refractivity contribution < 1.29 is 4.42 Å². The number of nitrogens with one attached hydrogen (secondary N) is 1. The van der Waals surface area contributed by atoms with Gasteiger partial charge in [-0.2, -0.15) is 0 Å². The summed E-state index contributed by atoms with van der Waals surface area (Å²) in [6.45, 7) is 7.78. The molecule has 2 heterocycles. The maximum absolute atomic E-state index is 5.56. The monoisotopic (exact) mass is 275 g/mol. The largest absolute Gasteiger partial charge is 0.467 e. The third-order valence-corrected chi connectivity index (χ3v) is 3.19. The van der Waals surface area contributed by atoms with E-state index in [1.807, 2.05) is 12.1 Å². The van der Waals surface area contributed by atoms with E-state index in [0.29, 0.717) is 12.4 Å². The molecule has 0 bridgehead atoms. The highest BCUT2D eigenvalue weighted by molar-refractivity contribution is 5.59. The Morgan fingerprint density at radius 3 is 2.75 bits per heavy atom. The summed E-state index contributed by atoms with van der Waals surface area (Å²) in [5.74, 6) is 8.29. The number of hydrazine groups is 1. The Bertz CT molecular complexity index is 539. The van der Waals surface area contributed by atoms with Crippen LogP contribution in [0.15, 0.2) is 29.1 Å². The lowest BCUT2D eigenvalue weighted by atomic mass is 10.0. The quantitative estimate of drug-likeness (QED) is 0.623. The van der Waals surface area contributed by atoms with E-state index in [9.17, 15) is 0 Å². The van der Waals surface area contributed by atoms with Gasteiger partial charge in [0.15, 0.2) is 0 Å². The molecule has 108 valence electrons. The van der Waals surface area contributed by atoms with Crippen LogP contribution >= 0.6 is 0 Å². The molecule has 0 aliphatic rings. The van der Waals surface area contributed by atoms with E-state index in [2.05, 4.69) is 41.1 Å². The van der Waals surface area contributed by atoms with E-state index in [1.54, 1.807) is 6.26 Å². The second-order valence-electron chi connectivity index (χ2n) is 4.85. The van der Waals surface area contributed by atoms with Crippen LogP contribution in [0.2, 0.25) is 0 Å². The van der Waals surface area contributed by atoms with Gasteiger partial charge in [0.1, 0.15) is 23.7 Å². The second-order valence-corrected chi connectivity index (χ2v) is 4.85. The van der Waals surface area contributed by atoms with Crippen molar-refractivity contribution in [3.05, 3.63) is 36.0 Å². The molecule has 2 aromatic heterocycles. The zero-order valence-corrected chi connectivity index (χ0v) is 12.1. The van der Waals surface area contributed by atoms with E-state index >= 15 is 0 Å². The maximum atomic E-state index is 5.56. The summed E-state index contributed by atoms with van der Waals surface area (Å²) in [5.41, 5.74) is 3.67. The highest BCUT2D eigenvalue weighted by Gasteiger charge is 2.19. The molecule has 0 saturated carbocycles. The first-order valence-corrected chi connectivity index (χ1v) is 6.76. The third kappa shape index (κ3) is 2.91. The molecule has 2 aromatic rings. The van der Waals surface area contributed by atoms with Gasteiger partial charge in [0.2, 0.25) is 0 Å². The zero-order valence-electron chi connectivity index (χ0n) is 12.1. The van der Waals surface area contributed by atoms with Crippen molar-refractivity contribution in [1.29, 1.82) is 0 Å². The molecule has 0 aliphatic heterocycles. The van der Waals surface area contributed by atoms with Gasteiger partial charge in [-0.25, -0.2) is 15.8 Å². The zero-order chi connectivity index (χ0) is 14.5. The Balaban J connectivity index is 2.38. The molecule has 6 heteroatoms. The molecule has 0 radical (unpaired) electrons. The van der Waals surface area contributed by atoms with Crippen molar-refractivity contribution in [3.63, 3.8) is 0 Å². The van der Waals surface area contributed by atoms with Gasteiger partial charge < -0.3 is 14.7 Å². The molecule has 3 N–H and O–H groups in total. The summed E-state index contributed by atoms with van der Waals surface area (Å²) < 4.78 is 5.42. The van der Waals surface area contributed by atoms with Crippen molar-refractivity contribution in [3.8, 4) is 0 Å². The topological polar surface area (TPSA) is 80.2 Å². The summed E-state index contributed by atoms with van der Waals surface area (Å²) in [4.78, 5) is 10.8. The van der Waals surface area contributed by atoms with Crippen molar-refractivity contribution >= 4 is 11.6 Å². The molecule has 0 saturated heterocycles. The molecule has 0 aromatic carbocycles. The molecular formula is C14H21N5O. The van der Waals surface area contributed by atoms with Crippen molar-refractivity contribution in [1.82, 2.24) is 9.97 Å². The normalized spacial score (nSPS) is 10.8. The number of anilines is 2. The van der Waals surface area contributed by atoms with E-state index in [1.165, 1.54) is 6.33 Å². The van der Waals surface area contributed by atoms with E-state index in [4.69, 9.17) is 10.3 Å². The Morgan fingerprint density at radius 1 is 1.40 bits per heavy atom. The molecule has 0 fully saturated rings. The Morgan fingerprint density at radius 2 is 2.20 bits per heavy atom. The standard InChI is InChI=1S/C14H21N5O/c1-4-19(8-11-6-5-7-20-11)14-12(10(2)3)13(18-15)16-9-17-14/h5-7,9-10H,4,8,15H2,1-3H3,(H,16,17,18). The predicted molar refractivity (Wildman–Crippen MR) is 79.4 cm³/mol. The van der Waals surface area contributed by atoms with Gasteiger partial charge in [0.25, 0.3) is 0 Å². The minimum Gasteiger partial charge on any atom is -0.467 e. The molecule has 20 heavy (non-hydrogen) atoms. The third-order valence-electron chi connectivity index (χ3n) is 3.19.